The molecule has 0 aliphatic rings. The van der Waals surface area contributed by atoms with E-state index in [2.05, 4.69) is 4.99 Å². The molecule has 0 saturated carbocycles. The van der Waals surface area contributed by atoms with Crippen LogP contribution in [0.15, 0.2) is 65.7 Å². The summed E-state index contributed by atoms with van der Waals surface area (Å²) in [5.41, 5.74) is 1.20. The van der Waals surface area contributed by atoms with Gasteiger partial charge in [-0.05, 0) is 17.7 Å². The molecule has 0 radical (unpaired) electrons. The predicted molar refractivity (Wildman–Crippen MR) is 80.5 cm³/mol. The van der Waals surface area contributed by atoms with Gasteiger partial charge in [0.2, 0.25) is 0 Å². The van der Waals surface area contributed by atoms with Crippen LogP contribution in [0.5, 0.6) is 0 Å². The number of aliphatic imine (C=N–C) groups is 1. The summed E-state index contributed by atoms with van der Waals surface area (Å²) in [6, 6.07) is 18.1. The van der Waals surface area contributed by atoms with Crippen LogP contribution >= 0.6 is 0 Å². The fourth-order valence-corrected chi connectivity index (χ4v) is 1.69. The van der Waals surface area contributed by atoms with E-state index in [4.69, 9.17) is 4.74 Å². The van der Waals surface area contributed by atoms with Gasteiger partial charge in [0.25, 0.3) is 0 Å². The molecule has 4 heteroatoms. The van der Waals surface area contributed by atoms with Crippen molar-refractivity contribution >= 4 is 23.2 Å². The number of carbonyl (C=O) groups is 2. The van der Waals surface area contributed by atoms with Crippen molar-refractivity contribution in [2.24, 2.45) is 4.99 Å². The number of ether oxygens (including phenoxy) is 1. The Balaban J connectivity index is 2.10. The first kappa shape index (κ1) is 14.7. The maximum atomic E-state index is 12.0. The van der Waals surface area contributed by atoms with Gasteiger partial charge in [-0.1, -0.05) is 48.5 Å². The molecule has 2 rings (SSSR count). The number of nitrogens with zero attached hydrogens (tertiary/aromatic N) is 1. The Bertz CT molecular complexity index is 648. The van der Waals surface area contributed by atoms with Crippen molar-refractivity contribution in [2.45, 2.75) is 13.5 Å². The molecule has 0 atom stereocenters. The molecule has 2 aromatic rings. The highest BCUT2D eigenvalue weighted by Crippen LogP contribution is 2.11. The van der Waals surface area contributed by atoms with E-state index in [9.17, 15) is 9.59 Å². The second kappa shape index (κ2) is 7.14. The normalized spacial score (nSPS) is 11.0. The number of rotatable bonds is 5. The zero-order valence-electron chi connectivity index (χ0n) is 11.7. The van der Waals surface area contributed by atoms with Crippen molar-refractivity contribution < 1.29 is 14.3 Å². The second-order valence-corrected chi connectivity index (χ2v) is 4.41. The summed E-state index contributed by atoms with van der Waals surface area (Å²) in [6.07, 6.45) is 0. The van der Waals surface area contributed by atoms with Crippen LogP contribution in [0.3, 0.4) is 0 Å². The first-order valence-corrected chi connectivity index (χ1v) is 6.52. The van der Waals surface area contributed by atoms with Crippen LogP contribution in [0, 0.1) is 0 Å². The third-order valence-electron chi connectivity index (χ3n) is 2.74. The Morgan fingerprint density at radius 1 is 0.952 bits per heavy atom. The summed E-state index contributed by atoms with van der Waals surface area (Å²) in [7, 11) is 0. The Hall–Kier alpha value is -2.75. The Kier molecular flexibility index (Phi) is 4.99. The summed E-state index contributed by atoms with van der Waals surface area (Å²) in [5, 5.41) is 0. The summed E-state index contributed by atoms with van der Waals surface area (Å²) < 4.78 is 5.13. The average Bonchev–Trinajstić information content (AvgIpc) is 2.52. The number of carbonyl (C=O) groups excluding carboxylic acids is 2. The minimum Gasteiger partial charge on any atom is -0.456 e. The van der Waals surface area contributed by atoms with E-state index in [0.717, 1.165) is 5.56 Å². The molecule has 2 aromatic carbocycles. The van der Waals surface area contributed by atoms with E-state index in [-0.39, 0.29) is 12.3 Å². The van der Waals surface area contributed by atoms with Crippen LogP contribution in [0.25, 0.3) is 0 Å². The van der Waals surface area contributed by atoms with Crippen molar-refractivity contribution in [3.8, 4) is 0 Å². The number of hydrogen-bond acceptors (Lipinski definition) is 4. The average molecular weight is 281 g/mol. The van der Waals surface area contributed by atoms with Gasteiger partial charge < -0.3 is 4.74 Å². The fourth-order valence-electron chi connectivity index (χ4n) is 1.69. The van der Waals surface area contributed by atoms with Crippen LogP contribution in [-0.4, -0.2) is 17.5 Å². The first-order valence-electron chi connectivity index (χ1n) is 6.52. The molecule has 0 spiro atoms. The smallest absolute Gasteiger partial charge is 0.361 e. The molecular formula is C17H15NO3. The topological polar surface area (TPSA) is 55.7 Å². The quantitative estimate of drug-likeness (QED) is 0.481. The molecule has 0 bridgehead atoms. The molecular weight excluding hydrogens is 266 g/mol. The lowest BCUT2D eigenvalue weighted by atomic mass is 10.2. The SMILES string of the molecule is CC(=O)C(=Nc1ccccc1)C(=O)OCc1ccccc1. The van der Waals surface area contributed by atoms with E-state index in [1.807, 2.05) is 36.4 Å². The van der Waals surface area contributed by atoms with Crippen LogP contribution in [-0.2, 0) is 20.9 Å². The largest absolute Gasteiger partial charge is 0.456 e. The Labute approximate surface area is 123 Å². The zero-order valence-corrected chi connectivity index (χ0v) is 11.7. The number of para-hydroxylation sites is 1. The van der Waals surface area contributed by atoms with Crippen molar-refractivity contribution in [1.29, 1.82) is 0 Å². The van der Waals surface area contributed by atoms with Gasteiger partial charge in [-0.25, -0.2) is 9.79 Å². The molecule has 0 aliphatic heterocycles. The lowest BCUT2D eigenvalue weighted by molar-refractivity contribution is -0.137. The molecule has 0 heterocycles. The van der Waals surface area contributed by atoms with Gasteiger partial charge in [-0.2, -0.15) is 0 Å². The van der Waals surface area contributed by atoms with E-state index >= 15 is 0 Å². The standard InChI is InChI=1S/C17H15NO3/c1-13(19)16(18-15-10-6-3-7-11-15)17(20)21-12-14-8-4-2-5-9-14/h2-11H,12H2,1H3. The van der Waals surface area contributed by atoms with Crippen molar-refractivity contribution in [1.82, 2.24) is 0 Å². The maximum absolute atomic E-state index is 12.0. The highest BCUT2D eigenvalue weighted by molar-refractivity contribution is 6.64. The summed E-state index contributed by atoms with van der Waals surface area (Å²) in [4.78, 5) is 27.6. The lowest BCUT2D eigenvalue weighted by Crippen LogP contribution is -2.24. The minimum absolute atomic E-state index is 0.112. The summed E-state index contributed by atoms with van der Waals surface area (Å²) in [5.74, 6) is -1.13. The van der Waals surface area contributed by atoms with Gasteiger partial charge in [-0.3, -0.25) is 4.79 Å². The van der Waals surface area contributed by atoms with Crippen LogP contribution in [0.4, 0.5) is 5.69 Å². The van der Waals surface area contributed by atoms with Gasteiger partial charge in [0.05, 0.1) is 5.69 Å². The molecule has 21 heavy (non-hydrogen) atoms. The van der Waals surface area contributed by atoms with Crippen LogP contribution < -0.4 is 0 Å². The fraction of sp³-hybridized carbons (Fsp3) is 0.118. The number of ketones is 1. The third kappa shape index (κ3) is 4.38. The first-order chi connectivity index (χ1) is 10.2. The molecule has 0 amide bonds. The highest BCUT2D eigenvalue weighted by atomic mass is 16.5. The van der Waals surface area contributed by atoms with E-state index < -0.39 is 11.8 Å². The van der Waals surface area contributed by atoms with Gasteiger partial charge in [0.1, 0.15) is 6.61 Å². The molecule has 106 valence electrons. The van der Waals surface area contributed by atoms with E-state index in [1.165, 1.54) is 6.92 Å². The van der Waals surface area contributed by atoms with Crippen molar-refractivity contribution in [2.75, 3.05) is 0 Å². The van der Waals surface area contributed by atoms with Gasteiger partial charge in [0, 0.05) is 6.92 Å². The molecule has 0 saturated heterocycles. The monoisotopic (exact) mass is 281 g/mol. The number of benzene rings is 2. The van der Waals surface area contributed by atoms with Gasteiger partial charge in [0.15, 0.2) is 11.5 Å². The van der Waals surface area contributed by atoms with E-state index in [0.29, 0.717) is 5.69 Å². The zero-order chi connectivity index (χ0) is 15.1. The second-order valence-electron chi connectivity index (χ2n) is 4.41. The van der Waals surface area contributed by atoms with Crippen molar-refractivity contribution in [3.05, 3.63) is 66.2 Å². The third-order valence-corrected chi connectivity index (χ3v) is 2.74. The number of hydrogen-bond donors (Lipinski definition) is 0. The Morgan fingerprint density at radius 3 is 2.10 bits per heavy atom. The number of esters is 1. The molecule has 0 unspecified atom stereocenters. The lowest BCUT2D eigenvalue weighted by Gasteiger charge is -2.05. The van der Waals surface area contributed by atoms with E-state index in [1.54, 1.807) is 24.3 Å². The van der Waals surface area contributed by atoms with Crippen molar-refractivity contribution in [3.63, 3.8) is 0 Å². The van der Waals surface area contributed by atoms with Crippen LogP contribution in [0.2, 0.25) is 0 Å². The van der Waals surface area contributed by atoms with Gasteiger partial charge >= 0.3 is 5.97 Å². The number of Topliss-reactive ketones (excluding diaryl/α,β-unsaturated/α-hetero) is 1. The minimum atomic E-state index is -0.713. The highest BCUT2D eigenvalue weighted by Gasteiger charge is 2.18. The summed E-state index contributed by atoms with van der Waals surface area (Å²) in [6.45, 7) is 1.41. The van der Waals surface area contributed by atoms with Gasteiger partial charge in [-0.15, -0.1) is 0 Å². The molecule has 4 nitrogen and oxygen atoms in total. The Morgan fingerprint density at radius 2 is 1.52 bits per heavy atom. The van der Waals surface area contributed by atoms with Crippen LogP contribution in [0.1, 0.15) is 12.5 Å². The predicted octanol–water partition coefficient (Wildman–Crippen LogP) is 3.09. The maximum Gasteiger partial charge on any atom is 0.361 e. The molecule has 0 aliphatic carbocycles. The molecule has 0 fully saturated rings. The molecule has 0 aromatic heterocycles. The molecule has 0 N–H and O–H groups in total. The summed E-state index contributed by atoms with van der Waals surface area (Å²) >= 11 is 0.